The van der Waals surface area contributed by atoms with E-state index in [2.05, 4.69) is 0 Å². The maximum absolute atomic E-state index is 0. The minimum Gasteiger partial charge on any atom is 0 e. The Balaban J connectivity index is 0. The van der Waals surface area contributed by atoms with Gasteiger partial charge in [0, 0.05) is 81.7 Å². The molecular weight excluding hydrogens is 123 g/mol. The Hall–Kier alpha value is 2.67. The zero-order valence-electron chi connectivity index (χ0n) is 2.36. The first-order valence-electron chi connectivity index (χ1n) is 0. The van der Waals surface area contributed by atoms with Crippen molar-refractivity contribution in [1.82, 2.24) is 0 Å². The van der Waals surface area contributed by atoms with Gasteiger partial charge in [0.05, 0.1) is 0 Å². The summed E-state index contributed by atoms with van der Waals surface area (Å²) < 4.78 is 0. The summed E-state index contributed by atoms with van der Waals surface area (Å²) in [6, 6.07) is 0. The molecule has 0 aromatic rings. The fourth-order valence-electron chi connectivity index (χ4n) is 0. The van der Waals surface area contributed by atoms with Crippen LogP contribution in [0, 0.1) is 0 Å². The van der Waals surface area contributed by atoms with Gasteiger partial charge in [-0.1, -0.05) is 0 Å². The summed E-state index contributed by atoms with van der Waals surface area (Å²) in [6.45, 7) is 0. The zero-order chi connectivity index (χ0) is 0. The normalized spacial score (nSPS) is 0. The maximum Gasteiger partial charge on any atom is 0 e. The molecular formula is CaMgPSi. The first-order valence-corrected chi connectivity index (χ1v) is 0. The average molecular weight is 123 g/mol. The van der Waals surface area contributed by atoms with Crippen LogP contribution in [-0.2, 0) is 0 Å². The van der Waals surface area contributed by atoms with Gasteiger partial charge in [0.25, 0.3) is 0 Å². The van der Waals surface area contributed by atoms with E-state index in [0.717, 1.165) is 0 Å². The van der Waals surface area contributed by atoms with Crippen molar-refractivity contribution in [2.75, 3.05) is 0 Å². The van der Waals surface area contributed by atoms with E-state index in [4.69, 9.17) is 0 Å². The van der Waals surface area contributed by atoms with E-state index in [1.54, 1.807) is 0 Å². The van der Waals surface area contributed by atoms with E-state index in [0.29, 0.717) is 0 Å². The molecule has 0 fully saturated rings. The molecule has 0 saturated carbocycles. The van der Waals surface area contributed by atoms with Gasteiger partial charge in [0.2, 0.25) is 0 Å². The molecule has 0 aliphatic heterocycles. The maximum atomic E-state index is 0. The minimum atomic E-state index is 0. The Labute approximate surface area is 80.3 Å². The Morgan fingerprint density at radius 3 is 1.00 bits per heavy atom. The quantitative estimate of drug-likeness (QED) is 0.307. The van der Waals surface area contributed by atoms with Crippen molar-refractivity contribution in [2.24, 2.45) is 0 Å². The van der Waals surface area contributed by atoms with E-state index in [1.807, 2.05) is 0 Å². The van der Waals surface area contributed by atoms with Crippen molar-refractivity contribution < 1.29 is 0 Å². The molecule has 0 spiro atoms. The molecule has 0 N–H and O–H groups in total. The third-order valence-corrected chi connectivity index (χ3v) is 0. The van der Waals surface area contributed by atoms with Crippen LogP contribution in [0.1, 0.15) is 0 Å². The monoisotopic (exact) mass is 123 g/mol. The molecule has 11 radical (unpaired) electrons. The molecule has 0 aliphatic rings. The average Bonchev–Trinajstić information content (AvgIpc) is 0. The van der Waals surface area contributed by atoms with Crippen LogP contribution in [-0.4, -0.2) is 71.8 Å². The number of rotatable bonds is 0. The molecule has 0 atom stereocenters. The van der Waals surface area contributed by atoms with Crippen molar-refractivity contribution >= 4 is 81.7 Å². The van der Waals surface area contributed by atoms with Gasteiger partial charge in [0.15, 0.2) is 0 Å². The van der Waals surface area contributed by atoms with Gasteiger partial charge < -0.3 is 0 Å². The molecule has 0 aliphatic carbocycles. The predicted molar refractivity (Wildman–Crippen MR) is 24.2 cm³/mol. The molecule has 0 amide bonds. The van der Waals surface area contributed by atoms with E-state index in [9.17, 15) is 0 Å². The molecule has 0 aromatic heterocycles. The van der Waals surface area contributed by atoms with Gasteiger partial charge in [0.1, 0.15) is 0 Å². The smallest absolute Gasteiger partial charge is 0 e. The van der Waals surface area contributed by atoms with Crippen LogP contribution in [0.25, 0.3) is 0 Å². The third-order valence-electron chi connectivity index (χ3n) is 0. The van der Waals surface area contributed by atoms with E-state index in [1.165, 1.54) is 0 Å². The van der Waals surface area contributed by atoms with Gasteiger partial charge in [-0.3, -0.25) is 0 Å². The van der Waals surface area contributed by atoms with Crippen molar-refractivity contribution in [3.63, 3.8) is 0 Å². The van der Waals surface area contributed by atoms with Crippen LogP contribution in [0.4, 0.5) is 0 Å². The first-order chi connectivity index (χ1) is 0. The molecule has 0 saturated heterocycles. The Bertz CT molecular complexity index is 8.00. The van der Waals surface area contributed by atoms with Crippen molar-refractivity contribution in [2.45, 2.75) is 0 Å². The topological polar surface area (TPSA) is 0 Å². The summed E-state index contributed by atoms with van der Waals surface area (Å²) in [5.74, 6) is 0. The van der Waals surface area contributed by atoms with Crippen LogP contribution < -0.4 is 0 Å². The summed E-state index contributed by atoms with van der Waals surface area (Å²) in [6.07, 6.45) is 0. The van der Waals surface area contributed by atoms with Crippen molar-refractivity contribution in [3.05, 3.63) is 0 Å². The van der Waals surface area contributed by atoms with Gasteiger partial charge in [-0.15, -0.1) is 0 Å². The molecule has 0 heterocycles. The van der Waals surface area contributed by atoms with Crippen LogP contribution in [0.3, 0.4) is 0 Å². The summed E-state index contributed by atoms with van der Waals surface area (Å²) in [5.41, 5.74) is 0. The summed E-state index contributed by atoms with van der Waals surface area (Å²) in [7, 11) is 0. The zero-order valence-corrected chi connectivity index (χ0v) is 7.88. The second kappa shape index (κ2) is 17.3. The number of hydrogen-bond acceptors (Lipinski definition) is 0. The Morgan fingerprint density at radius 2 is 1.00 bits per heavy atom. The molecule has 0 nitrogen and oxygen atoms in total. The summed E-state index contributed by atoms with van der Waals surface area (Å²) in [4.78, 5) is 0. The van der Waals surface area contributed by atoms with Crippen molar-refractivity contribution in [1.29, 1.82) is 0 Å². The van der Waals surface area contributed by atoms with Crippen LogP contribution >= 0.6 is 9.90 Å². The van der Waals surface area contributed by atoms with Crippen LogP contribution in [0.5, 0.6) is 0 Å². The Morgan fingerprint density at radius 1 is 1.00 bits per heavy atom. The second-order valence-corrected chi connectivity index (χ2v) is 0. The number of hydrogen-bond donors (Lipinski definition) is 0. The molecule has 0 aromatic carbocycles. The fourth-order valence-corrected chi connectivity index (χ4v) is 0. The predicted octanol–water partition coefficient (Wildman–Crippen LogP) is -0.281. The Kier molecular flexibility index (Phi) is 130. The van der Waals surface area contributed by atoms with Gasteiger partial charge in [-0.2, -0.15) is 0 Å². The van der Waals surface area contributed by atoms with Gasteiger partial charge in [-0.25, -0.2) is 0 Å². The van der Waals surface area contributed by atoms with Gasteiger partial charge >= 0.3 is 0 Å². The molecule has 0 unspecified atom stereocenters. The largest absolute Gasteiger partial charge is 0 e. The summed E-state index contributed by atoms with van der Waals surface area (Å²) >= 11 is 0. The van der Waals surface area contributed by atoms with Crippen LogP contribution in [0.2, 0.25) is 0 Å². The van der Waals surface area contributed by atoms with Crippen molar-refractivity contribution in [3.8, 4) is 0 Å². The third kappa shape index (κ3) is 8.82. The van der Waals surface area contributed by atoms with Gasteiger partial charge in [-0.05, 0) is 0 Å². The van der Waals surface area contributed by atoms with Crippen LogP contribution in [0.15, 0.2) is 0 Å². The molecule has 0 bridgehead atoms. The van der Waals surface area contributed by atoms with E-state index in [-0.39, 0.29) is 81.7 Å². The fraction of sp³-hybridized carbons (Fsp3) is 0. The summed E-state index contributed by atoms with van der Waals surface area (Å²) in [5, 5.41) is 0. The molecule has 13 valence electrons. The minimum absolute atomic E-state index is 0. The van der Waals surface area contributed by atoms with E-state index < -0.39 is 0 Å². The molecule has 4 heavy (non-hydrogen) atoms. The molecule has 4 heteroatoms. The van der Waals surface area contributed by atoms with E-state index >= 15 is 0 Å². The molecule has 0 rings (SSSR count). The SMILES string of the molecule is [Ca].[Mg].[P].[Si]. The second-order valence-electron chi connectivity index (χ2n) is 0. The standard InChI is InChI=1S/Ca.Mg.P.Si. The first kappa shape index (κ1) is 30.1.